The fraction of sp³-hybridized carbons (Fsp3) is 0.429. The van der Waals surface area contributed by atoms with E-state index >= 15 is 0 Å². The van der Waals surface area contributed by atoms with Gasteiger partial charge >= 0.3 is 6.03 Å². The zero-order valence-electron chi connectivity index (χ0n) is 16.5. The van der Waals surface area contributed by atoms with Crippen molar-refractivity contribution in [3.63, 3.8) is 0 Å². The normalized spacial score (nSPS) is 25.8. The largest absolute Gasteiger partial charge is 0.506 e. The third-order valence-corrected chi connectivity index (χ3v) is 6.36. The number of allylic oxidation sites excluding steroid dienone is 6. The lowest BCUT2D eigenvalue weighted by molar-refractivity contribution is -0.0993. The van der Waals surface area contributed by atoms with E-state index in [2.05, 4.69) is 31.3 Å². The molecule has 2 atom stereocenters. The smallest absolute Gasteiger partial charge is 0.324 e. The SMILES string of the molecule is CCN(C(=O)N1CC2(C1)CN([C@@H]1C=CC(P)=CN=C1)C2)C1=C(O)C=C(Cl)CC=C1. The molecule has 1 aliphatic carbocycles. The van der Waals surface area contributed by atoms with Crippen LogP contribution < -0.4 is 0 Å². The maximum Gasteiger partial charge on any atom is 0.324 e. The van der Waals surface area contributed by atoms with E-state index in [1.807, 2.05) is 30.3 Å². The van der Waals surface area contributed by atoms with Crippen molar-refractivity contribution in [3.05, 3.63) is 58.4 Å². The Bertz CT molecular complexity index is 875. The van der Waals surface area contributed by atoms with Crippen molar-refractivity contribution in [2.24, 2.45) is 10.4 Å². The molecule has 29 heavy (non-hydrogen) atoms. The highest BCUT2D eigenvalue weighted by atomic mass is 35.5. The number of carbonyl (C=O) groups is 1. The molecule has 3 heterocycles. The van der Waals surface area contributed by atoms with Crippen LogP contribution in [0.5, 0.6) is 0 Å². The molecule has 154 valence electrons. The topological polar surface area (TPSA) is 59.4 Å². The van der Waals surface area contributed by atoms with E-state index in [9.17, 15) is 9.90 Å². The number of aliphatic hydroxyl groups is 1. The molecule has 4 rings (SSSR count). The molecule has 2 amide bonds. The van der Waals surface area contributed by atoms with Crippen LogP contribution in [-0.4, -0.2) is 70.8 Å². The number of hydrogen-bond donors (Lipinski definition) is 1. The number of aliphatic hydroxyl groups excluding tert-OH is 1. The fourth-order valence-electron chi connectivity index (χ4n) is 4.32. The van der Waals surface area contributed by atoms with Crippen molar-refractivity contribution in [3.8, 4) is 0 Å². The summed E-state index contributed by atoms with van der Waals surface area (Å²) in [5, 5.41) is 12.0. The van der Waals surface area contributed by atoms with Crippen LogP contribution in [0.2, 0.25) is 0 Å². The number of likely N-dealkylation sites (N-methyl/N-ethyl adjacent to an activating group) is 1. The standard InChI is InChI=1S/C21H26ClN4O2P/c1-2-26(18-5-3-4-15(22)8-19(18)27)20(28)25-13-21(14-25)11-24(12-21)16-6-7-17(29)10-23-9-16/h3,5-10,16,27H,2,4,11-14,29H2,1H3/t16-/m1/s1. The predicted molar refractivity (Wildman–Crippen MR) is 120 cm³/mol. The first kappa shape index (κ1) is 20.4. The van der Waals surface area contributed by atoms with Crippen LogP contribution in [0.15, 0.2) is 63.4 Å². The van der Waals surface area contributed by atoms with Gasteiger partial charge in [0.1, 0.15) is 5.76 Å². The van der Waals surface area contributed by atoms with E-state index in [1.54, 1.807) is 11.0 Å². The van der Waals surface area contributed by atoms with E-state index in [-0.39, 0.29) is 23.2 Å². The second-order valence-electron chi connectivity index (χ2n) is 8.03. The molecule has 0 aromatic heterocycles. The zero-order chi connectivity index (χ0) is 20.6. The van der Waals surface area contributed by atoms with Gasteiger partial charge in [0.2, 0.25) is 0 Å². The van der Waals surface area contributed by atoms with E-state index in [0.29, 0.717) is 23.7 Å². The van der Waals surface area contributed by atoms with Gasteiger partial charge in [0.05, 0.1) is 11.7 Å². The van der Waals surface area contributed by atoms with Crippen molar-refractivity contribution in [2.75, 3.05) is 32.7 Å². The molecule has 4 aliphatic rings. The molecule has 0 radical (unpaired) electrons. The molecule has 2 saturated heterocycles. The summed E-state index contributed by atoms with van der Waals surface area (Å²) in [6.07, 6.45) is 13.8. The molecule has 3 aliphatic heterocycles. The molecule has 2 fully saturated rings. The maximum absolute atomic E-state index is 13.1. The predicted octanol–water partition coefficient (Wildman–Crippen LogP) is 3.62. The Morgan fingerprint density at radius 2 is 2.14 bits per heavy atom. The van der Waals surface area contributed by atoms with Gasteiger partial charge in [-0.25, -0.2) is 4.79 Å². The Hall–Kier alpha value is -1.88. The van der Waals surface area contributed by atoms with Gasteiger partial charge in [0.15, 0.2) is 0 Å². The van der Waals surface area contributed by atoms with Gasteiger partial charge in [0, 0.05) is 62.0 Å². The highest BCUT2D eigenvalue weighted by molar-refractivity contribution is 7.22. The molecule has 1 spiro atoms. The Kier molecular flexibility index (Phi) is 5.69. The van der Waals surface area contributed by atoms with Crippen LogP contribution in [0.4, 0.5) is 4.79 Å². The second kappa shape index (κ2) is 8.10. The number of aliphatic imine (C=N–C) groups is 1. The van der Waals surface area contributed by atoms with Gasteiger partial charge in [0.25, 0.3) is 0 Å². The number of nitrogens with zero attached hydrogens (tertiary/aromatic N) is 4. The molecule has 0 saturated carbocycles. The Morgan fingerprint density at radius 1 is 1.38 bits per heavy atom. The molecular weight excluding hydrogens is 407 g/mol. The van der Waals surface area contributed by atoms with Crippen molar-refractivity contribution in [1.29, 1.82) is 0 Å². The molecule has 0 aromatic carbocycles. The Balaban J connectivity index is 1.36. The Morgan fingerprint density at radius 3 is 2.86 bits per heavy atom. The van der Waals surface area contributed by atoms with E-state index < -0.39 is 0 Å². The average molecular weight is 433 g/mol. The first-order chi connectivity index (χ1) is 13.9. The number of amides is 2. The van der Waals surface area contributed by atoms with E-state index in [0.717, 1.165) is 31.5 Å². The molecule has 6 nitrogen and oxygen atoms in total. The minimum Gasteiger partial charge on any atom is -0.506 e. The van der Waals surface area contributed by atoms with Gasteiger partial charge < -0.3 is 10.0 Å². The lowest BCUT2D eigenvalue weighted by Gasteiger charge is -2.61. The highest BCUT2D eigenvalue weighted by Crippen LogP contribution is 2.41. The first-order valence-corrected chi connectivity index (χ1v) is 10.8. The summed E-state index contributed by atoms with van der Waals surface area (Å²) >= 11 is 6.05. The maximum atomic E-state index is 13.1. The fourth-order valence-corrected chi connectivity index (χ4v) is 4.71. The third-order valence-electron chi connectivity index (χ3n) is 5.75. The van der Waals surface area contributed by atoms with Crippen LogP contribution >= 0.6 is 20.8 Å². The van der Waals surface area contributed by atoms with E-state index in [1.165, 1.54) is 6.08 Å². The van der Waals surface area contributed by atoms with Gasteiger partial charge in [-0.3, -0.25) is 14.8 Å². The van der Waals surface area contributed by atoms with Crippen LogP contribution in [0.25, 0.3) is 0 Å². The van der Waals surface area contributed by atoms with Gasteiger partial charge in [-0.2, -0.15) is 0 Å². The van der Waals surface area contributed by atoms with Crippen LogP contribution in [0.1, 0.15) is 13.3 Å². The first-order valence-electron chi connectivity index (χ1n) is 9.84. The number of halogens is 1. The average Bonchev–Trinajstić information content (AvgIpc) is 2.92. The van der Waals surface area contributed by atoms with Crippen molar-refractivity contribution >= 4 is 33.1 Å². The summed E-state index contributed by atoms with van der Waals surface area (Å²) < 4.78 is 0. The minimum atomic E-state index is -0.0676. The van der Waals surface area contributed by atoms with E-state index in [4.69, 9.17) is 11.6 Å². The summed E-state index contributed by atoms with van der Waals surface area (Å²) in [4.78, 5) is 23.3. The molecule has 1 unspecified atom stereocenters. The molecule has 1 N–H and O–H groups in total. The summed E-state index contributed by atoms with van der Waals surface area (Å²) in [6, 6.07) is 0.142. The summed E-state index contributed by atoms with van der Waals surface area (Å²) in [5.74, 6) is 0.0329. The van der Waals surface area contributed by atoms with Crippen LogP contribution in [0.3, 0.4) is 0 Å². The second-order valence-corrected chi connectivity index (χ2v) is 9.19. The highest BCUT2D eigenvalue weighted by Gasteiger charge is 2.54. The van der Waals surface area contributed by atoms with Crippen molar-refractivity contribution in [1.82, 2.24) is 14.7 Å². The van der Waals surface area contributed by atoms with Crippen molar-refractivity contribution < 1.29 is 9.90 Å². The number of rotatable bonds is 3. The van der Waals surface area contributed by atoms with Crippen LogP contribution in [-0.2, 0) is 0 Å². The van der Waals surface area contributed by atoms with Gasteiger partial charge in [-0.05, 0) is 24.4 Å². The van der Waals surface area contributed by atoms with Crippen molar-refractivity contribution in [2.45, 2.75) is 19.4 Å². The Labute approximate surface area is 178 Å². The number of likely N-dealkylation sites (tertiary alicyclic amines) is 2. The lowest BCUT2D eigenvalue weighted by Crippen LogP contribution is -2.75. The van der Waals surface area contributed by atoms with Gasteiger partial charge in [-0.15, -0.1) is 9.24 Å². The van der Waals surface area contributed by atoms with Crippen LogP contribution in [0, 0.1) is 5.41 Å². The zero-order valence-corrected chi connectivity index (χ0v) is 18.4. The summed E-state index contributed by atoms with van der Waals surface area (Å²) in [5.41, 5.74) is 0.684. The number of hydrogen-bond acceptors (Lipinski definition) is 4. The number of carbonyl (C=O) groups excluding carboxylic acids is 1. The monoisotopic (exact) mass is 432 g/mol. The van der Waals surface area contributed by atoms with Gasteiger partial charge in [-0.1, -0.05) is 29.8 Å². The quantitative estimate of drug-likeness (QED) is 0.693. The minimum absolute atomic E-state index is 0.0329. The molecular formula is C21H26ClN4O2P. The third kappa shape index (κ3) is 4.07. The summed E-state index contributed by atoms with van der Waals surface area (Å²) in [6.45, 7) is 5.80. The summed E-state index contributed by atoms with van der Waals surface area (Å²) in [7, 11) is 2.67. The lowest BCUT2D eigenvalue weighted by atomic mass is 9.72. The molecule has 0 bridgehead atoms. The number of urea groups is 1. The molecule has 8 heteroatoms. The molecule has 0 aromatic rings.